The van der Waals surface area contributed by atoms with Crippen molar-refractivity contribution in [3.05, 3.63) is 75.1 Å². The first kappa shape index (κ1) is 20.2. The van der Waals surface area contributed by atoms with Crippen molar-refractivity contribution in [2.45, 2.75) is 58.5 Å². The van der Waals surface area contributed by atoms with Gasteiger partial charge in [0.2, 0.25) is 5.91 Å². The summed E-state index contributed by atoms with van der Waals surface area (Å²) in [6.07, 6.45) is 0.655. The Bertz CT molecular complexity index is 1180. The van der Waals surface area contributed by atoms with Crippen molar-refractivity contribution in [2.75, 3.05) is 4.90 Å². The summed E-state index contributed by atoms with van der Waals surface area (Å²) in [4.78, 5) is 26.6. The van der Waals surface area contributed by atoms with E-state index in [9.17, 15) is 9.59 Å². The fourth-order valence-electron chi connectivity index (χ4n) is 4.71. The second-order valence-electron chi connectivity index (χ2n) is 8.68. The lowest BCUT2D eigenvalue weighted by Crippen LogP contribution is -2.41. The fourth-order valence-corrected chi connectivity index (χ4v) is 4.71. The first-order valence-corrected chi connectivity index (χ1v) is 10.5. The number of hydrogen-bond donors (Lipinski definition) is 1. The minimum absolute atomic E-state index is 0.106. The zero-order chi connectivity index (χ0) is 21.6. The van der Waals surface area contributed by atoms with E-state index in [1.807, 2.05) is 37.3 Å². The number of anilines is 1. The van der Waals surface area contributed by atoms with Gasteiger partial charge in [0.25, 0.3) is 0 Å². The summed E-state index contributed by atoms with van der Waals surface area (Å²) >= 11 is 0. The van der Waals surface area contributed by atoms with E-state index in [2.05, 4.69) is 31.7 Å². The van der Waals surface area contributed by atoms with Crippen LogP contribution in [0.5, 0.6) is 0 Å². The van der Waals surface area contributed by atoms with E-state index < -0.39 is 0 Å². The topological polar surface area (TPSA) is 76.5 Å². The Kier molecular flexibility index (Phi) is 5.14. The molecule has 0 saturated heterocycles. The molecule has 0 fully saturated rings. The molecule has 4 rings (SSSR count). The largest absolute Gasteiger partial charge is 0.423 e. The number of rotatable bonds is 4. The second kappa shape index (κ2) is 7.63. The Morgan fingerprint density at radius 3 is 2.67 bits per heavy atom. The zero-order valence-corrected chi connectivity index (χ0v) is 17.9. The number of nitrogens with two attached hydrogens (primary N) is 1. The third-order valence-corrected chi connectivity index (χ3v) is 6.25. The van der Waals surface area contributed by atoms with Gasteiger partial charge in [0.1, 0.15) is 5.58 Å². The van der Waals surface area contributed by atoms with Gasteiger partial charge in [0, 0.05) is 29.7 Å². The number of fused-ring (bicyclic) bond motifs is 2. The number of hydrogen-bond acceptors (Lipinski definition) is 4. The molecule has 2 heterocycles. The highest BCUT2D eigenvalue weighted by Crippen LogP contribution is 2.39. The Balaban J connectivity index is 1.84. The summed E-state index contributed by atoms with van der Waals surface area (Å²) in [7, 11) is 0. The highest BCUT2D eigenvalue weighted by atomic mass is 16.4. The lowest BCUT2D eigenvalue weighted by Gasteiger charge is -2.40. The Labute approximate surface area is 176 Å². The van der Waals surface area contributed by atoms with Crippen LogP contribution >= 0.6 is 0 Å². The van der Waals surface area contributed by atoms with E-state index in [0.717, 1.165) is 27.8 Å². The zero-order valence-electron chi connectivity index (χ0n) is 17.9. The van der Waals surface area contributed by atoms with Crippen LogP contribution in [0.2, 0.25) is 0 Å². The smallest absolute Gasteiger partial charge is 0.336 e. The highest BCUT2D eigenvalue weighted by molar-refractivity contribution is 5.86. The molecule has 1 aliphatic rings. The van der Waals surface area contributed by atoms with E-state index in [-0.39, 0.29) is 23.5 Å². The van der Waals surface area contributed by atoms with Crippen LogP contribution in [0, 0.1) is 6.92 Å². The lowest BCUT2D eigenvalue weighted by molar-refractivity contribution is -0.119. The average molecular weight is 405 g/mol. The summed E-state index contributed by atoms with van der Waals surface area (Å²) in [6, 6.07) is 13.7. The van der Waals surface area contributed by atoms with E-state index >= 15 is 0 Å². The molecule has 2 N–H and O–H groups in total. The number of carbonyl (C=O) groups is 1. The molecule has 2 atom stereocenters. The predicted molar refractivity (Wildman–Crippen MR) is 120 cm³/mol. The monoisotopic (exact) mass is 404 g/mol. The number of amides is 1. The second-order valence-corrected chi connectivity index (χ2v) is 8.68. The van der Waals surface area contributed by atoms with Crippen molar-refractivity contribution >= 4 is 22.6 Å². The number of para-hydroxylation sites is 1. The maximum absolute atomic E-state index is 12.3. The molecule has 0 aliphatic carbocycles. The van der Waals surface area contributed by atoms with Gasteiger partial charge in [-0.25, -0.2) is 4.79 Å². The van der Waals surface area contributed by atoms with E-state index in [1.54, 1.807) is 6.07 Å². The minimum Gasteiger partial charge on any atom is -0.423 e. The highest BCUT2D eigenvalue weighted by Gasteiger charge is 2.33. The molecule has 2 aromatic carbocycles. The molecule has 30 heavy (non-hydrogen) atoms. The number of nitrogens with zero attached hydrogens (tertiary/aromatic N) is 1. The minimum atomic E-state index is -0.345. The molecule has 1 amide bonds. The summed E-state index contributed by atoms with van der Waals surface area (Å²) in [5, 5.41) is 0.964. The molecule has 3 aromatic rings. The van der Waals surface area contributed by atoms with Crippen LogP contribution in [-0.4, -0.2) is 11.9 Å². The molecule has 0 saturated carbocycles. The molecular formula is C25H28N2O3. The van der Waals surface area contributed by atoms with Crippen LogP contribution in [-0.2, 0) is 11.3 Å². The van der Waals surface area contributed by atoms with E-state index in [0.29, 0.717) is 24.5 Å². The molecule has 0 unspecified atom stereocenters. The summed E-state index contributed by atoms with van der Waals surface area (Å²) in [6.45, 7) is 9.05. The molecular weight excluding hydrogens is 376 g/mol. The SMILES string of the molecule is Cc1cc2oc(=O)cc(CN3c4ccccc4[C@H](C(N)=O)C[C@H]3C)c2cc1C(C)C. The number of benzene rings is 2. The standard InChI is InChI=1S/C25H28N2O3/c1-14(2)19-12-20-17(11-24(28)30-23(20)9-15(19)3)13-27-16(4)10-21(25(26)29)18-7-5-6-8-22(18)27/h5-9,11-12,14,16,21H,10,13H2,1-4H3,(H2,26,29)/t16-,21-/m1/s1. The van der Waals surface area contributed by atoms with E-state index in [4.69, 9.17) is 10.2 Å². The molecule has 156 valence electrons. The first-order chi connectivity index (χ1) is 14.3. The van der Waals surface area contributed by atoms with Crippen LogP contribution in [0.4, 0.5) is 5.69 Å². The molecule has 0 radical (unpaired) electrons. The lowest BCUT2D eigenvalue weighted by atomic mass is 9.85. The van der Waals surface area contributed by atoms with Crippen molar-refractivity contribution < 1.29 is 9.21 Å². The Morgan fingerprint density at radius 2 is 1.97 bits per heavy atom. The van der Waals surface area contributed by atoms with Gasteiger partial charge in [0.05, 0.1) is 5.92 Å². The fraction of sp³-hybridized carbons (Fsp3) is 0.360. The maximum Gasteiger partial charge on any atom is 0.336 e. The van der Waals surface area contributed by atoms with Crippen molar-refractivity contribution in [3.8, 4) is 0 Å². The molecule has 0 spiro atoms. The number of primary amides is 1. The van der Waals surface area contributed by atoms with Crippen molar-refractivity contribution in [1.82, 2.24) is 0 Å². The van der Waals surface area contributed by atoms with Crippen LogP contribution in [0.1, 0.15) is 61.3 Å². The van der Waals surface area contributed by atoms with Gasteiger partial charge in [-0.3, -0.25) is 4.79 Å². The first-order valence-electron chi connectivity index (χ1n) is 10.5. The van der Waals surface area contributed by atoms with Crippen molar-refractivity contribution in [3.63, 3.8) is 0 Å². The average Bonchev–Trinajstić information content (AvgIpc) is 2.68. The normalized spacial score (nSPS) is 18.6. The Morgan fingerprint density at radius 1 is 1.23 bits per heavy atom. The number of aryl methyl sites for hydroxylation is 1. The Hall–Kier alpha value is -3.08. The third-order valence-electron chi connectivity index (χ3n) is 6.25. The molecule has 5 nitrogen and oxygen atoms in total. The van der Waals surface area contributed by atoms with Crippen LogP contribution in [0.3, 0.4) is 0 Å². The quantitative estimate of drug-likeness (QED) is 0.645. The molecule has 5 heteroatoms. The van der Waals surface area contributed by atoms with Gasteiger partial charge in [0.15, 0.2) is 0 Å². The van der Waals surface area contributed by atoms with Gasteiger partial charge in [-0.2, -0.15) is 0 Å². The van der Waals surface area contributed by atoms with Gasteiger partial charge in [-0.15, -0.1) is 0 Å². The predicted octanol–water partition coefficient (Wildman–Crippen LogP) is 4.59. The summed E-state index contributed by atoms with van der Waals surface area (Å²) < 4.78 is 5.52. The van der Waals surface area contributed by atoms with Crippen LogP contribution < -0.4 is 16.3 Å². The van der Waals surface area contributed by atoms with Gasteiger partial charge in [-0.05, 0) is 66.6 Å². The molecule has 1 aromatic heterocycles. The van der Waals surface area contributed by atoms with Crippen LogP contribution in [0.25, 0.3) is 11.0 Å². The number of carbonyl (C=O) groups excluding carboxylic acids is 1. The van der Waals surface area contributed by atoms with Crippen molar-refractivity contribution in [2.24, 2.45) is 5.73 Å². The van der Waals surface area contributed by atoms with Gasteiger partial charge < -0.3 is 15.1 Å². The molecule has 1 aliphatic heterocycles. The summed E-state index contributed by atoms with van der Waals surface area (Å²) in [5.41, 5.74) is 11.2. The maximum atomic E-state index is 12.3. The van der Waals surface area contributed by atoms with E-state index in [1.165, 1.54) is 5.56 Å². The van der Waals surface area contributed by atoms with Gasteiger partial charge >= 0.3 is 5.63 Å². The third kappa shape index (κ3) is 3.49. The van der Waals surface area contributed by atoms with Gasteiger partial charge in [-0.1, -0.05) is 32.0 Å². The molecule has 0 bridgehead atoms. The summed E-state index contributed by atoms with van der Waals surface area (Å²) in [5.74, 6) is -0.211. The van der Waals surface area contributed by atoms with Crippen LogP contribution in [0.15, 0.2) is 51.7 Å². The van der Waals surface area contributed by atoms with Crippen molar-refractivity contribution in [1.29, 1.82) is 0 Å².